The number of guanidine groups is 1. The predicted octanol–water partition coefficient (Wildman–Crippen LogP) is 0.225. The molecule has 3 amide bonds. The van der Waals surface area contributed by atoms with Crippen LogP contribution in [-0.4, -0.2) is 69.9 Å². The lowest BCUT2D eigenvalue weighted by Gasteiger charge is -2.36. The van der Waals surface area contributed by atoms with Crippen LogP contribution >= 0.6 is 0 Å². The van der Waals surface area contributed by atoms with Gasteiger partial charge in [-0.3, -0.25) is 10.1 Å². The number of amides is 3. The molecule has 2 aliphatic heterocycles. The number of imide groups is 1. The Morgan fingerprint density at radius 3 is 2.78 bits per heavy atom. The van der Waals surface area contributed by atoms with Crippen LogP contribution in [0.1, 0.15) is 19.4 Å². The van der Waals surface area contributed by atoms with Gasteiger partial charge in [0.25, 0.3) is 5.91 Å². The molecule has 144 valence electrons. The summed E-state index contributed by atoms with van der Waals surface area (Å²) in [4.78, 5) is 31.8. The van der Waals surface area contributed by atoms with Gasteiger partial charge in [0.2, 0.25) is 5.96 Å². The molecule has 0 spiro atoms. The van der Waals surface area contributed by atoms with Crippen LogP contribution in [0.2, 0.25) is 0 Å². The van der Waals surface area contributed by atoms with Gasteiger partial charge in [-0.25, -0.2) is 15.2 Å². The first-order valence-electron chi connectivity index (χ1n) is 8.51. The van der Waals surface area contributed by atoms with E-state index >= 15 is 0 Å². The molecule has 0 aromatic heterocycles. The third-order valence-corrected chi connectivity index (χ3v) is 4.30. The van der Waals surface area contributed by atoms with E-state index in [0.717, 1.165) is 0 Å². The molecule has 27 heavy (non-hydrogen) atoms. The maximum absolute atomic E-state index is 12.3. The van der Waals surface area contributed by atoms with Gasteiger partial charge in [0.1, 0.15) is 11.5 Å². The van der Waals surface area contributed by atoms with Crippen molar-refractivity contribution in [3.63, 3.8) is 0 Å². The fourth-order valence-electron chi connectivity index (χ4n) is 3.01. The van der Waals surface area contributed by atoms with Gasteiger partial charge in [-0.15, -0.1) is 0 Å². The van der Waals surface area contributed by atoms with Crippen LogP contribution in [0.5, 0.6) is 11.5 Å². The van der Waals surface area contributed by atoms with Crippen LogP contribution in [0.25, 0.3) is 0 Å². The molecule has 2 atom stereocenters. The third-order valence-electron chi connectivity index (χ3n) is 4.30. The highest BCUT2D eigenvalue weighted by molar-refractivity contribution is 6.03. The molecule has 3 rings (SSSR count). The molecule has 4 N–H and O–H groups in total. The van der Waals surface area contributed by atoms with E-state index in [1.54, 1.807) is 11.9 Å². The van der Waals surface area contributed by atoms with E-state index in [2.05, 4.69) is 20.8 Å². The van der Waals surface area contributed by atoms with Crippen LogP contribution in [-0.2, 0) is 4.79 Å². The number of aliphatic imine (C=N–C) groups is 1. The second-order valence-corrected chi connectivity index (χ2v) is 6.88. The van der Waals surface area contributed by atoms with Crippen molar-refractivity contribution in [2.75, 3.05) is 13.6 Å². The van der Waals surface area contributed by atoms with E-state index < -0.39 is 24.1 Å². The number of fused-ring (bicyclic) bond motifs is 1. The molecule has 1 fully saturated rings. The number of rotatable bonds is 4. The van der Waals surface area contributed by atoms with Crippen molar-refractivity contribution in [3.8, 4) is 11.5 Å². The first-order chi connectivity index (χ1) is 12.8. The van der Waals surface area contributed by atoms with Gasteiger partial charge >= 0.3 is 6.03 Å². The SMILES string of the molecule is CC(C)CN1C(N/N=C\c2ccc(O)cc2O)=NC2C1C(=O)NC(=O)N2C. The van der Waals surface area contributed by atoms with Gasteiger partial charge in [-0.2, -0.15) is 5.10 Å². The summed E-state index contributed by atoms with van der Waals surface area (Å²) in [7, 11) is 1.58. The van der Waals surface area contributed by atoms with E-state index in [1.807, 2.05) is 13.8 Å². The van der Waals surface area contributed by atoms with Crippen molar-refractivity contribution in [1.82, 2.24) is 20.5 Å². The number of nitrogens with zero attached hydrogens (tertiary/aromatic N) is 4. The minimum absolute atomic E-state index is 0.0522. The fraction of sp³-hybridized carbons (Fsp3) is 0.412. The maximum atomic E-state index is 12.3. The molecular weight excluding hydrogens is 352 g/mol. The molecule has 1 aromatic carbocycles. The van der Waals surface area contributed by atoms with Crippen molar-refractivity contribution >= 4 is 24.1 Å². The van der Waals surface area contributed by atoms with E-state index in [0.29, 0.717) is 18.1 Å². The first kappa shape index (κ1) is 18.5. The van der Waals surface area contributed by atoms with Crippen LogP contribution in [0, 0.1) is 5.92 Å². The zero-order valence-corrected chi connectivity index (χ0v) is 15.2. The maximum Gasteiger partial charge on any atom is 0.325 e. The highest BCUT2D eigenvalue weighted by Crippen LogP contribution is 2.24. The monoisotopic (exact) mass is 374 g/mol. The zero-order chi connectivity index (χ0) is 19.7. The molecule has 0 aliphatic carbocycles. The number of hydrogen-bond acceptors (Lipinski definition) is 8. The Hall–Kier alpha value is -3.30. The van der Waals surface area contributed by atoms with E-state index in [1.165, 1.54) is 29.3 Å². The summed E-state index contributed by atoms with van der Waals surface area (Å²) in [5.74, 6) is 0.0426. The number of carbonyl (C=O) groups excluding carboxylic acids is 2. The number of benzene rings is 1. The molecule has 1 saturated heterocycles. The second-order valence-electron chi connectivity index (χ2n) is 6.88. The molecule has 2 heterocycles. The highest BCUT2D eigenvalue weighted by atomic mass is 16.3. The summed E-state index contributed by atoms with van der Waals surface area (Å²) in [5.41, 5.74) is 3.19. The van der Waals surface area contributed by atoms with Crippen LogP contribution < -0.4 is 10.7 Å². The molecule has 2 aliphatic rings. The minimum Gasteiger partial charge on any atom is -0.508 e. The Kier molecular flexibility index (Phi) is 4.89. The fourth-order valence-corrected chi connectivity index (χ4v) is 3.01. The summed E-state index contributed by atoms with van der Waals surface area (Å²) in [6, 6.07) is 3.03. The Labute approximate surface area is 156 Å². The largest absolute Gasteiger partial charge is 0.508 e. The summed E-state index contributed by atoms with van der Waals surface area (Å²) in [5, 5.41) is 25.5. The third kappa shape index (κ3) is 3.64. The molecule has 1 aromatic rings. The van der Waals surface area contributed by atoms with E-state index in [4.69, 9.17) is 0 Å². The lowest BCUT2D eigenvalue weighted by atomic mass is 10.1. The summed E-state index contributed by atoms with van der Waals surface area (Å²) >= 11 is 0. The van der Waals surface area contributed by atoms with Gasteiger partial charge in [-0.05, 0) is 18.1 Å². The van der Waals surface area contributed by atoms with Crippen molar-refractivity contribution in [3.05, 3.63) is 23.8 Å². The molecular formula is C17H22N6O4. The molecule has 10 nitrogen and oxygen atoms in total. The van der Waals surface area contributed by atoms with Crippen LogP contribution in [0.3, 0.4) is 0 Å². The predicted molar refractivity (Wildman–Crippen MR) is 98.4 cm³/mol. The lowest BCUT2D eigenvalue weighted by molar-refractivity contribution is -0.127. The zero-order valence-electron chi connectivity index (χ0n) is 15.2. The van der Waals surface area contributed by atoms with Crippen molar-refractivity contribution < 1.29 is 19.8 Å². The molecule has 10 heteroatoms. The number of phenolic OH excluding ortho intramolecular Hbond substituents is 2. The number of carbonyl (C=O) groups is 2. The van der Waals surface area contributed by atoms with E-state index in [-0.39, 0.29) is 17.4 Å². The minimum atomic E-state index is -0.634. The van der Waals surface area contributed by atoms with Crippen molar-refractivity contribution in [2.24, 2.45) is 16.0 Å². The average Bonchev–Trinajstić information content (AvgIpc) is 2.93. The normalized spacial score (nSPS) is 22.3. The Morgan fingerprint density at radius 2 is 2.11 bits per heavy atom. The second kappa shape index (κ2) is 7.14. The molecule has 0 radical (unpaired) electrons. The summed E-state index contributed by atoms with van der Waals surface area (Å²) < 4.78 is 0. The van der Waals surface area contributed by atoms with Crippen LogP contribution in [0.15, 0.2) is 28.3 Å². The number of phenols is 2. The first-order valence-corrected chi connectivity index (χ1v) is 8.51. The van der Waals surface area contributed by atoms with Crippen molar-refractivity contribution in [2.45, 2.75) is 26.1 Å². The Bertz CT molecular complexity index is 822. The van der Waals surface area contributed by atoms with Crippen LogP contribution in [0.4, 0.5) is 4.79 Å². The highest BCUT2D eigenvalue weighted by Gasteiger charge is 2.48. The number of nitrogens with one attached hydrogen (secondary N) is 2. The number of hydrogen-bond donors (Lipinski definition) is 4. The number of likely N-dealkylation sites (N-methyl/N-ethyl adjacent to an activating group) is 1. The number of aromatic hydroxyl groups is 2. The van der Waals surface area contributed by atoms with Crippen molar-refractivity contribution in [1.29, 1.82) is 0 Å². The quantitative estimate of drug-likeness (QED) is 0.441. The number of urea groups is 1. The smallest absolute Gasteiger partial charge is 0.325 e. The van der Waals surface area contributed by atoms with Gasteiger partial charge in [0, 0.05) is 25.2 Å². The topological polar surface area (TPSA) is 130 Å². The van der Waals surface area contributed by atoms with Gasteiger partial charge in [-0.1, -0.05) is 13.8 Å². The Balaban J connectivity index is 1.82. The summed E-state index contributed by atoms with van der Waals surface area (Å²) in [6.45, 7) is 4.57. The average molecular weight is 374 g/mol. The molecule has 0 bridgehead atoms. The lowest BCUT2D eigenvalue weighted by Crippen LogP contribution is -2.64. The molecule has 0 saturated carbocycles. The molecule has 2 unspecified atom stereocenters. The standard InChI is InChI=1S/C17H22N6O4/c1-9(2)8-23-13-14(22(3)17(27)20-15(13)26)19-16(23)21-18-7-10-4-5-11(24)6-12(10)25/h4-7,9,13-14,24-25H,8H2,1-3H3,(H,19,21)(H,20,26,27)/b18-7-. The number of hydrazone groups is 1. The Morgan fingerprint density at radius 1 is 1.37 bits per heavy atom. The van der Waals surface area contributed by atoms with Gasteiger partial charge in [0.05, 0.1) is 6.21 Å². The summed E-state index contributed by atoms with van der Waals surface area (Å²) in [6.07, 6.45) is 0.742. The van der Waals surface area contributed by atoms with E-state index in [9.17, 15) is 19.8 Å². The van der Waals surface area contributed by atoms with Gasteiger partial charge in [0.15, 0.2) is 12.2 Å². The van der Waals surface area contributed by atoms with Gasteiger partial charge < -0.3 is 20.0 Å².